The maximum Gasteiger partial charge on any atom is 0.0226 e. The highest BCUT2D eigenvalue weighted by Crippen LogP contribution is 2.36. The summed E-state index contributed by atoms with van der Waals surface area (Å²) < 4.78 is 2.11. The lowest BCUT2D eigenvalue weighted by atomic mass is 10.2. The zero-order valence-corrected chi connectivity index (χ0v) is 10.4. The fourth-order valence-corrected chi connectivity index (χ4v) is 2.79. The van der Waals surface area contributed by atoms with E-state index in [9.17, 15) is 5.11 Å². The monoisotopic (exact) mass is 341 g/mol. The third-order valence-electron chi connectivity index (χ3n) is 1.36. The van der Waals surface area contributed by atoms with Gasteiger partial charge in [-0.2, -0.15) is 0 Å². The summed E-state index contributed by atoms with van der Waals surface area (Å²) in [5.41, 5.74) is 0.929. The van der Waals surface area contributed by atoms with Gasteiger partial charge in [-0.15, -0.1) is 0 Å². The molecule has 60 valence electrons. The molecule has 0 bridgehead atoms. The summed E-state index contributed by atoms with van der Waals surface area (Å²) in [7, 11) is 0. The normalized spacial score (nSPS) is 10.2. The molecule has 0 saturated carbocycles. The first kappa shape index (κ1) is 9.55. The van der Waals surface area contributed by atoms with Crippen molar-refractivity contribution in [1.82, 2.24) is 0 Å². The number of hydrogen-bond acceptors (Lipinski definition) is 1. The summed E-state index contributed by atoms with van der Waals surface area (Å²) in [4.78, 5) is 0. The Hall–Kier alpha value is 0.460. The predicted molar refractivity (Wildman–Crippen MR) is 53.7 cm³/mol. The molecule has 0 heterocycles. The van der Waals surface area contributed by atoms with Gasteiger partial charge in [-0.1, -0.05) is 53.5 Å². The van der Waals surface area contributed by atoms with Crippen LogP contribution in [0, 0.1) is 6.92 Å². The maximum atomic E-state index is 11.2. The summed E-state index contributed by atoms with van der Waals surface area (Å²) >= 11 is 9.70. The Kier molecular flexibility index (Phi) is 3.00. The van der Waals surface area contributed by atoms with E-state index in [2.05, 4.69) is 47.8 Å². The van der Waals surface area contributed by atoms with Gasteiger partial charge in [0, 0.05) is 13.4 Å². The van der Waals surface area contributed by atoms with Crippen molar-refractivity contribution < 1.29 is 5.11 Å². The molecule has 11 heavy (non-hydrogen) atoms. The zero-order chi connectivity index (χ0) is 8.59. The summed E-state index contributed by atoms with van der Waals surface area (Å²) in [5, 5.41) is 11.2. The van der Waals surface area contributed by atoms with Crippen molar-refractivity contribution in [3.05, 3.63) is 25.0 Å². The van der Waals surface area contributed by atoms with E-state index in [1.54, 1.807) is 6.07 Å². The van der Waals surface area contributed by atoms with E-state index in [1.807, 2.05) is 6.92 Å². The van der Waals surface area contributed by atoms with Gasteiger partial charge in [0.15, 0.2) is 0 Å². The van der Waals surface area contributed by atoms with Gasteiger partial charge < -0.3 is 5.11 Å². The van der Waals surface area contributed by atoms with Crippen molar-refractivity contribution in [2.75, 3.05) is 0 Å². The van der Waals surface area contributed by atoms with E-state index in [0.717, 1.165) is 10.0 Å². The quantitative estimate of drug-likeness (QED) is 0.708. The maximum absolute atomic E-state index is 11.2. The van der Waals surface area contributed by atoms with Crippen molar-refractivity contribution in [1.29, 1.82) is 0 Å². The molecule has 0 aliphatic carbocycles. The van der Waals surface area contributed by atoms with Crippen LogP contribution < -0.4 is 5.11 Å². The third-order valence-corrected chi connectivity index (χ3v) is 3.72. The van der Waals surface area contributed by atoms with Gasteiger partial charge in [0.2, 0.25) is 0 Å². The first-order valence-electron chi connectivity index (χ1n) is 2.85. The van der Waals surface area contributed by atoms with Gasteiger partial charge in [0.1, 0.15) is 0 Å². The highest BCUT2D eigenvalue weighted by molar-refractivity contribution is 9.11. The van der Waals surface area contributed by atoms with Gasteiger partial charge in [-0.25, -0.2) is 0 Å². The standard InChI is InChI=1S/C7H5Br3O/c1-3-4(8)2-5(9)7(11)6(3)10/h2,11H,1H3/p-1. The Morgan fingerprint density at radius 1 is 1.18 bits per heavy atom. The minimum absolute atomic E-state index is 0.00861. The van der Waals surface area contributed by atoms with E-state index in [4.69, 9.17) is 0 Å². The van der Waals surface area contributed by atoms with Crippen LogP contribution in [0.1, 0.15) is 5.56 Å². The van der Waals surface area contributed by atoms with Gasteiger partial charge in [0.05, 0.1) is 0 Å². The highest BCUT2D eigenvalue weighted by atomic mass is 79.9. The average Bonchev–Trinajstić information content (AvgIpc) is 1.97. The highest BCUT2D eigenvalue weighted by Gasteiger charge is 2.02. The van der Waals surface area contributed by atoms with Gasteiger partial charge in [-0.05, 0) is 18.6 Å². The molecule has 0 aromatic heterocycles. The van der Waals surface area contributed by atoms with E-state index < -0.39 is 0 Å². The third kappa shape index (κ3) is 1.79. The van der Waals surface area contributed by atoms with E-state index in [0.29, 0.717) is 8.95 Å². The van der Waals surface area contributed by atoms with Crippen LogP contribution in [0.2, 0.25) is 0 Å². The summed E-state index contributed by atoms with van der Waals surface area (Å²) in [6.45, 7) is 1.88. The summed E-state index contributed by atoms with van der Waals surface area (Å²) in [6.07, 6.45) is 0. The lowest BCUT2D eigenvalue weighted by Gasteiger charge is -2.14. The fourth-order valence-electron chi connectivity index (χ4n) is 0.665. The molecular formula is C7H4Br3O-. The van der Waals surface area contributed by atoms with Crippen LogP contribution in [0.5, 0.6) is 5.75 Å². The molecule has 0 N–H and O–H groups in total. The molecule has 1 rings (SSSR count). The zero-order valence-electron chi connectivity index (χ0n) is 5.62. The molecule has 1 aromatic rings. The molecule has 0 fully saturated rings. The van der Waals surface area contributed by atoms with Crippen LogP contribution in [0.25, 0.3) is 0 Å². The molecule has 0 amide bonds. The van der Waals surface area contributed by atoms with Crippen LogP contribution in [0.3, 0.4) is 0 Å². The summed E-state index contributed by atoms with van der Waals surface area (Å²) in [6, 6.07) is 1.75. The lowest BCUT2D eigenvalue weighted by molar-refractivity contribution is -0.270. The minimum Gasteiger partial charge on any atom is -0.871 e. The molecular weight excluding hydrogens is 340 g/mol. The Morgan fingerprint density at radius 3 is 2.27 bits per heavy atom. The number of hydrogen-bond donors (Lipinski definition) is 0. The van der Waals surface area contributed by atoms with E-state index in [-0.39, 0.29) is 5.75 Å². The van der Waals surface area contributed by atoms with Crippen LogP contribution in [-0.4, -0.2) is 0 Å². The van der Waals surface area contributed by atoms with Crippen molar-refractivity contribution in [3.63, 3.8) is 0 Å². The van der Waals surface area contributed by atoms with Gasteiger partial charge in [-0.3, -0.25) is 0 Å². The smallest absolute Gasteiger partial charge is 0.0226 e. The molecule has 0 spiro atoms. The second-order valence-corrected chi connectivity index (χ2v) is 4.61. The summed E-state index contributed by atoms with van der Waals surface area (Å²) in [5.74, 6) is -0.00861. The van der Waals surface area contributed by atoms with Crippen molar-refractivity contribution in [2.24, 2.45) is 0 Å². The molecule has 0 unspecified atom stereocenters. The Bertz CT molecular complexity index is 270. The van der Waals surface area contributed by atoms with E-state index in [1.165, 1.54) is 0 Å². The topological polar surface area (TPSA) is 23.1 Å². The van der Waals surface area contributed by atoms with Crippen LogP contribution in [0.15, 0.2) is 19.5 Å². The molecule has 0 atom stereocenters. The van der Waals surface area contributed by atoms with E-state index >= 15 is 0 Å². The SMILES string of the molecule is Cc1c(Br)cc(Br)c([O-])c1Br. The molecule has 1 aromatic carbocycles. The first-order chi connectivity index (χ1) is 5.04. The second kappa shape index (κ2) is 3.46. The van der Waals surface area contributed by atoms with Crippen LogP contribution in [0.4, 0.5) is 0 Å². The molecule has 0 saturated heterocycles. The predicted octanol–water partition coefficient (Wildman–Crippen LogP) is 3.36. The molecule has 0 aliphatic rings. The second-order valence-electron chi connectivity index (χ2n) is 2.11. The Balaban J connectivity index is 3.46. The van der Waals surface area contributed by atoms with Gasteiger partial charge >= 0.3 is 0 Å². The fraction of sp³-hybridized carbons (Fsp3) is 0.143. The minimum atomic E-state index is -0.00861. The number of halogens is 3. The number of rotatable bonds is 0. The lowest BCUT2D eigenvalue weighted by Crippen LogP contribution is -1.94. The Labute approximate surface area is 90.2 Å². The molecule has 1 nitrogen and oxygen atoms in total. The van der Waals surface area contributed by atoms with Crippen molar-refractivity contribution in [2.45, 2.75) is 6.92 Å². The van der Waals surface area contributed by atoms with Crippen LogP contribution in [-0.2, 0) is 0 Å². The van der Waals surface area contributed by atoms with Crippen molar-refractivity contribution >= 4 is 47.8 Å². The Morgan fingerprint density at radius 2 is 1.73 bits per heavy atom. The average molecular weight is 344 g/mol. The number of benzene rings is 1. The molecule has 0 radical (unpaired) electrons. The van der Waals surface area contributed by atoms with Gasteiger partial charge in [0.25, 0.3) is 0 Å². The van der Waals surface area contributed by atoms with Crippen LogP contribution >= 0.6 is 47.8 Å². The largest absolute Gasteiger partial charge is 0.871 e. The first-order valence-corrected chi connectivity index (χ1v) is 5.23. The molecule has 4 heteroatoms. The molecule has 0 aliphatic heterocycles. The van der Waals surface area contributed by atoms with Crippen molar-refractivity contribution in [3.8, 4) is 5.75 Å².